The molecule has 1 aromatic carbocycles. The van der Waals surface area contributed by atoms with Crippen molar-refractivity contribution in [2.24, 2.45) is 0 Å². The Labute approximate surface area is 89.5 Å². The summed E-state index contributed by atoms with van der Waals surface area (Å²) in [6.45, 7) is 4.46. The van der Waals surface area contributed by atoms with Crippen molar-refractivity contribution in [1.82, 2.24) is 0 Å². The van der Waals surface area contributed by atoms with Gasteiger partial charge in [0.15, 0.2) is 0 Å². The number of benzene rings is 1. The summed E-state index contributed by atoms with van der Waals surface area (Å²) in [5.41, 5.74) is 9.23. The third-order valence-corrected chi connectivity index (χ3v) is 3.52. The predicted octanol–water partition coefficient (Wildman–Crippen LogP) is 2.13. The number of hydrogen-bond donors (Lipinski definition) is 1. The number of nitrogen functional groups attached to an aromatic ring is 1. The Hall–Kier alpha value is -0.830. The van der Waals surface area contributed by atoms with Crippen molar-refractivity contribution in [2.45, 2.75) is 6.92 Å². The van der Waals surface area contributed by atoms with Crippen molar-refractivity contribution in [1.29, 1.82) is 0 Å². The highest BCUT2D eigenvalue weighted by molar-refractivity contribution is 7.99. The van der Waals surface area contributed by atoms with Crippen molar-refractivity contribution in [3.63, 3.8) is 0 Å². The largest absolute Gasteiger partial charge is 0.399 e. The molecule has 1 aromatic rings. The second kappa shape index (κ2) is 4.13. The zero-order chi connectivity index (χ0) is 9.97. The van der Waals surface area contributed by atoms with Gasteiger partial charge in [-0.3, -0.25) is 0 Å². The molecular weight excluding hydrogens is 192 g/mol. The first-order valence-corrected chi connectivity index (χ1v) is 6.11. The van der Waals surface area contributed by atoms with Crippen LogP contribution in [0.5, 0.6) is 0 Å². The van der Waals surface area contributed by atoms with Crippen LogP contribution in [0.15, 0.2) is 18.2 Å². The lowest BCUT2D eigenvalue weighted by atomic mass is 10.1. The maximum absolute atomic E-state index is 5.73. The van der Waals surface area contributed by atoms with Crippen LogP contribution in [0.25, 0.3) is 0 Å². The maximum Gasteiger partial charge on any atom is 0.0397 e. The second-order valence-electron chi connectivity index (χ2n) is 3.65. The fourth-order valence-corrected chi connectivity index (χ4v) is 2.74. The van der Waals surface area contributed by atoms with Crippen LogP contribution < -0.4 is 10.6 Å². The molecule has 2 rings (SSSR count). The minimum atomic E-state index is 0.859. The molecule has 0 aliphatic carbocycles. The van der Waals surface area contributed by atoms with E-state index in [1.165, 1.54) is 22.8 Å². The van der Waals surface area contributed by atoms with Gasteiger partial charge in [0.2, 0.25) is 0 Å². The van der Waals surface area contributed by atoms with Gasteiger partial charge in [0.25, 0.3) is 0 Å². The number of anilines is 2. The average molecular weight is 208 g/mol. The molecular formula is C11H16N2S. The Morgan fingerprint density at radius 3 is 2.64 bits per heavy atom. The molecule has 3 heteroatoms. The molecule has 0 aromatic heterocycles. The quantitative estimate of drug-likeness (QED) is 0.717. The highest BCUT2D eigenvalue weighted by Gasteiger charge is 2.12. The average Bonchev–Trinajstić information content (AvgIpc) is 2.19. The topological polar surface area (TPSA) is 29.3 Å². The van der Waals surface area contributed by atoms with Gasteiger partial charge in [-0.25, -0.2) is 0 Å². The Kier molecular flexibility index (Phi) is 2.87. The van der Waals surface area contributed by atoms with Crippen molar-refractivity contribution in [2.75, 3.05) is 35.2 Å². The monoisotopic (exact) mass is 208 g/mol. The summed E-state index contributed by atoms with van der Waals surface area (Å²) in [6, 6.07) is 6.18. The predicted molar refractivity (Wildman–Crippen MR) is 65.1 cm³/mol. The third-order valence-electron chi connectivity index (χ3n) is 2.57. The summed E-state index contributed by atoms with van der Waals surface area (Å²) in [5, 5.41) is 0. The van der Waals surface area contributed by atoms with Gasteiger partial charge in [-0.15, -0.1) is 0 Å². The maximum atomic E-state index is 5.73. The van der Waals surface area contributed by atoms with E-state index in [9.17, 15) is 0 Å². The molecule has 2 nitrogen and oxygen atoms in total. The van der Waals surface area contributed by atoms with E-state index in [4.69, 9.17) is 5.73 Å². The van der Waals surface area contributed by atoms with Crippen molar-refractivity contribution in [3.8, 4) is 0 Å². The van der Waals surface area contributed by atoms with E-state index in [-0.39, 0.29) is 0 Å². The first-order valence-electron chi connectivity index (χ1n) is 4.96. The van der Waals surface area contributed by atoms with E-state index in [2.05, 4.69) is 24.0 Å². The van der Waals surface area contributed by atoms with E-state index in [1.807, 2.05) is 17.8 Å². The van der Waals surface area contributed by atoms with Crippen molar-refractivity contribution >= 4 is 23.1 Å². The van der Waals surface area contributed by atoms with Crippen molar-refractivity contribution in [3.05, 3.63) is 23.8 Å². The van der Waals surface area contributed by atoms with Gasteiger partial charge in [0, 0.05) is 36.0 Å². The van der Waals surface area contributed by atoms with Crippen LogP contribution in [0.4, 0.5) is 11.4 Å². The molecule has 1 saturated heterocycles. The Bertz CT molecular complexity index is 319. The summed E-state index contributed by atoms with van der Waals surface area (Å²) in [4.78, 5) is 2.45. The van der Waals surface area contributed by atoms with Gasteiger partial charge in [-0.2, -0.15) is 11.8 Å². The van der Waals surface area contributed by atoms with Gasteiger partial charge < -0.3 is 10.6 Å². The lowest BCUT2D eigenvalue weighted by Gasteiger charge is -2.29. The SMILES string of the molecule is Cc1cc(N)ccc1N1CCSCC1. The number of nitrogens with zero attached hydrogens (tertiary/aromatic N) is 1. The lowest BCUT2D eigenvalue weighted by Crippen LogP contribution is -2.32. The summed E-state index contributed by atoms with van der Waals surface area (Å²) >= 11 is 2.04. The van der Waals surface area contributed by atoms with Crippen LogP contribution in [0.2, 0.25) is 0 Å². The molecule has 0 radical (unpaired) electrons. The Morgan fingerprint density at radius 1 is 1.29 bits per heavy atom. The van der Waals surface area contributed by atoms with Gasteiger partial charge >= 0.3 is 0 Å². The zero-order valence-corrected chi connectivity index (χ0v) is 9.31. The molecule has 0 unspecified atom stereocenters. The van der Waals surface area contributed by atoms with E-state index >= 15 is 0 Å². The van der Waals surface area contributed by atoms with E-state index < -0.39 is 0 Å². The van der Waals surface area contributed by atoms with E-state index in [0.29, 0.717) is 0 Å². The molecule has 0 spiro atoms. The zero-order valence-electron chi connectivity index (χ0n) is 8.49. The summed E-state index contributed by atoms with van der Waals surface area (Å²) in [5.74, 6) is 2.48. The fourth-order valence-electron chi connectivity index (χ4n) is 1.84. The second-order valence-corrected chi connectivity index (χ2v) is 4.87. The smallest absolute Gasteiger partial charge is 0.0397 e. The highest BCUT2D eigenvalue weighted by atomic mass is 32.2. The van der Waals surface area contributed by atoms with Gasteiger partial charge in [-0.05, 0) is 30.7 Å². The van der Waals surface area contributed by atoms with Gasteiger partial charge in [0.05, 0.1) is 0 Å². The molecule has 1 aliphatic rings. The summed E-state index contributed by atoms with van der Waals surface area (Å²) in [7, 11) is 0. The molecule has 1 heterocycles. The number of nitrogens with two attached hydrogens (primary N) is 1. The molecule has 1 aliphatic heterocycles. The Balaban J connectivity index is 2.22. The molecule has 14 heavy (non-hydrogen) atoms. The summed E-state index contributed by atoms with van der Waals surface area (Å²) in [6.07, 6.45) is 0. The van der Waals surface area contributed by atoms with Crippen LogP contribution in [-0.4, -0.2) is 24.6 Å². The first kappa shape index (κ1) is 9.71. The van der Waals surface area contributed by atoms with Gasteiger partial charge in [-0.1, -0.05) is 0 Å². The minimum absolute atomic E-state index is 0.859. The van der Waals surface area contributed by atoms with E-state index in [1.54, 1.807) is 0 Å². The molecule has 0 atom stereocenters. The minimum Gasteiger partial charge on any atom is -0.399 e. The summed E-state index contributed by atoms with van der Waals surface area (Å²) < 4.78 is 0. The lowest BCUT2D eigenvalue weighted by molar-refractivity contribution is 0.854. The number of thioether (sulfide) groups is 1. The highest BCUT2D eigenvalue weighted by Crippen LogP contribution is 2.24. The van der Waals surface area contributed by atoms with Crippen LogP contribution >= 0.6 is 11.8 Å². The van der Waals surface area contributed by atoms with Crippen molar-refractivity contribution < 1.29 is 0 Å². The molecule has 0 saturated carbocycles. The number of aryl methyl sites for hydroxylation is 1. The number of rotatable bonds is 1. The van der Waals surface area contributed by atoms with Gasteiger partial charge in [0.1, 0.15) is 0 Å². The van der Waals surface area contributed by atoms with E-state index in [0.717, 1.165) is 18.8 Å². The van der Waals surface area contributed by atoms with Crippen LogP contribution in [0.1, 0.15) is 5.56 Å². The molecule has 0 bridgehead atoms. The standard InChI is InChI=1S/C11H16N2S/c1-9-8-10(12)2-3-11(9)13-4-6-14-7-5-13/h2-3,8H,4-7,12H2,1H3. The van der Waals surface area contributed by atoms with Crippen LogP contribution in [0.3, 0.4) is 0 Å². The first-order chi connectivity index (χ1) is 6.77. The molecule has 2 N–H and O–H groups in total. The third kappa shape index (κ3) is 1.98. The molecule has 1 fully saturated rings. The van der Waals surface area contributed by atoms with Crippen LogP contribution in [-0.2, 0) is 0 Å². The fraction of sp³-hybridized carbons (Fsp3) is 0.455. The van der Waals surface area contributed by atoms with Crippen LogP contribution in [0, 0.1) is 6.92 Å². The Morgan fingerprint density at radius 2 is 2.00 bits per heavy atom. The molecule has 76 valence electrons. The molecule has 0 amide bonds. The normalized spacial score (nSPS) is 17.1. The number of hydrogen-bond acceptors (Lipinski definition) is 3.